The molecule has 0 aliphatic heterocycles. The van der Waals surface area contributed by atoms with Crippen molar-refractivity contribution in [1.29, 1.82) is 0 Å². The van der Waals surface area contributed by atoms with Gasteiger partial charge in [0.2, 0.25) is 0 Å². The molecular formula is C15H14N2O2. The molecule has 2 aromatic heterocycles. The van der Waals surface area contributed by atoms with Crippen molar-refractivity contribution < 1.29 is 9.90 Å². The highest BCUT2D eigenvalue weighted by atomic mass is 16.4. The van der Waals surface area contributed by atoms with E-state index < -0.39 is 5.97 Å². The van der Waals surface area contributed by atoms with Crippen molar-refractivity contribution in [2.75, 3.05) is 0 Å². The molecule has 2 heterocycles. The standard InChI is InChI=1S/C15H14N2O2/c1-9-4-3-5-13-14(9)10(8-17(13)2)11-6-7-12(16-11)15(18)19/h3-8,16H,1-2H3,(H,18,19). The number of carboxylic acids is 1. The van der Waals surface area contributed by atoms with Gasteiger partial charge in [0.25, 0.3) is 0 Å². The molecule has 96 valence electrons. The fourth-order valence-electron chi connectivity index (χ4n) is 2.51. The average molecular weight is 254 g/mol. The lowest BCUT2D eigenvalue weighted by molar-refractivity contribution is 0.0691. The minimum absolute atomic E-state index is 0.209. The number of rotatable bonds is 2. The molecule has 0 saturated carbocycles. The molecule has 3 aromatic rings. The van der Waals surface area contributed by atoms with Gasteiger partial charge in [-0.05, 0) is 30.7 Å². The molecule has 0 saturated heterocycles. The third kappa shape index (κ3) is 1.73. The Bertz CT molecular complexity index is 781. The number of aryl methyl sites for hydroxylation is 2. The lowest BCUT2D eigenvalue weighted by Gasteiger charge is -2.00. The van der Waals surface area contributed by atoms with Crippen molar-refractivity contribution in [1.82, 2.24) is 9.55 Å². The van der Waals surface area contributed by atoms with Crippen LogP contribution in [0.3, 0.4) is 0 Å². The number of benzene rings is 1. The fourth-order valence-corrected chi connectivity index (χ4v) is 2.51. The minimum atomic E-state index is -0.941. The molecule has 0 fully saturated rings. The molecule has 0 aliphatic carbocycles. The molecule has 0 amide bonds. The summed E-state index contributed by atoms with van der Waals surface area (Å²) in [6, 6.07) is 9.55. The van der Waals surface area contributed by atoms with Gasteiger partial charge in [-0.1, -0.05) is 12.1 Å². The Morgan fingerprint density at radius 2 is 2.05 bits per heavy atom. The number of nitrogens with one attached hydrogen (secondary N) is 1. The maximum atomic E-state index is 10.9. The van der Waals surface area contributed by atoms with Gasteiger partial charge in [-0.3, -0.25) is 0 Å². The molecule has 19 heavy (non-hydrogen) atoms. The topological polar surface area (TPSA) is 58.0 Å². The Balaban J connectivity index is 2.27. The zero-order valence-corrected chi connectivity index (χ0v) is 10.8. The van der Waals surface area contributed by atoms with Crippen molar-refractivity contribution >= 4 is 16.9 Å². The highest BCUT2D eigenvalue weighted by Gasteiger charge is 2.13. The second-order valence-electron chi connectivity index (χ2n) is 4.71. The summed E-state index contributed by atoms with van der Waals surface area (Å²) in [5.74, 6) is -0.941. The first-order chi connectivity index (χ1) is 9.08. The Kier molecular flexibility index (Phi) is 2.45. The summed E-state index contributed by atoms with van der Waals surface area (Å²) in [5.41, 5.74) is 4.39. The first-order valence-electron chi connectivity index (χ1n) is 6.05. The van der Waals surface area contributed by atoms with Crippen molar-refractivity contribution in [3.05, 3.63) is 47.8 Å². The van der Waals surface area contributed by atoms with Gasteiger partial charge in [-0.15, -0.1) is 0 Å². The van der Waals surface area contributed by atoms with E-state index in [1.54, 1.807) is 6.07 Å². The van der Waals surface area contributed by atoms with Crippen LogP contribution in [0.2, 0.25) is 0 Å². The van der Waals surface area contributed by atoms with Gasteiger partial charge in [-0.2, -0.15) is 0 Å². The third-order valence-electron chi connectivity index (χ3n) is 3.43. The van der Waals surface area contributed by atoms with Gasteiger partial charge >= 0.3 is 5.97 Å². The van der Waals surface area contributed by atoms with Crippen molar-refractivity contribution in [3.63, 3.8) is 0 Å². The number of carbonyl (C=O) groups is 1. The number of fused-ring (bicyclic) bond motifs is 1. The van der Waals surface area contributed by atoms with Crippen molar-refractivity contribution in [2.45, 2.75) is 6.92 Å². The van der Waals surface area contributed by atoms with Crippen LogP contribution in [0, 0.1) is 6.92 Å². The van der Waals surface area contributed by atoms with Gasteiger partial charge in [-0.25, -0.2) is 4.79 Å². The second kappa shape index (κ2) is 4.02. The summed E-state index contributed by atoms with van der Waals surface area (Å²) < 4.78 is 2.05. The lowest BCUT2D eigenvalue weighted by Crippen LogP contribution is -1.95. The highest BCUT2D eigenvalue weighted by molar-refractivity contribution is 5.98. The zero-order valence-electron chi connectivity index (χ0n) is 10.8. The van der Waals surface area contributed by atoms with E-state index in [2.05, 4.69) is 28.6 Å². The number of aromatic nitrogens is 2. The molecule has 3 rings (SSSR count). The van der Waals surface area contributed by atoms with Crippen LogP contribution in [0.4, 0.5) is 0 Å². The van der Waals surface area contributed by atoms with E-state index in [1.165, 1.54) is 5.56 Å². The first kappa shape index (κ1) is 11.6. The number of hydrogen-bond acceptors (Lipinski definition) is 1. The third-order valence-corrected chi connectivity index (χ3v) is 3.43. The summed E-state index contributed by atoms with van der Waals surface area (Å²) in [4.78, 5) is 13.9. The highest BCUT2D eigenvalue weighted by Crippen LogP contribution is 2.31. The van der Waals surface area contributed by atoms with E-state index in [0.717, 1.165) is 22.2 Å². The van der Waals surface area contributed by atoms with Crippen LogP contribution in [0.25, 0.3) is 22.2 Å². The maximum Gasteiger partial charge on any atom is 0.352 e. The molecule has 0 radical (unpaired) electrons. The Morgan fingerprint density at radius 3 is 2.74 bits per heavy atom. The molecule has 4 heteroatoms. The molecule has 1 aromatic carbocycles. The summed E-state index contributed by atoms with van der Waals surface area (Å²) >= 11 is 0. The molecule has 0 spiro atoms. The summed E-state index contributed by atoms with van der Waals surface area (Å²) in [6.07, 6.45) is 2.02. The molecule has 0 bridgehead atoms. The summed E-state index contributed by atoms with van der Waals surface area (Å²) in [7, 11) is 1.99. The van der Waals surface area contributed by atoms with Gasteiger partial charge in [0, 0.05) is 35.4 Å². The number of hydrogen-bond donors (Lipinski definition) is 2. The van der Waals surface area contributed by atoms with E-state index in [1.807, 2.05) is 25.4 Å². The summed E-state index contributed by atoms with van der Waals surface area (Å²) in [5, 5.41) is 10.1. The van der Waals surface area contributed by atoms with E-state index >= 15 is 0 Å². The fraction of sp³-hybridized carbons (Fsp3) is 0.133. The van der Waals surface area contributed by atoms with Crippen LogP contribution >= 0.6 is 0 Å². The van der Waals surface area contributed by atoms with Crippen LogP contribution < -0.4 is 0 Å². The number of aromatic amines is 1. The van der Waals surface area contributed by atoms with Gasteiger partial charge in [0.05, 0.1) is 0 Å². The average Bonchev–Trinajstić information content (AvgIpc) is 2.95. The van der Waals surface area contributed by atoms with Crippen LogP contribution in [0.15, 0.2) is 36.5 Å². The van der Waals surface area contributed by atoms with E-state index in [-0.39, 0.29) is 5.69 Å². The molecule has 2 N–H and O–H groups in total. The number of carboxylic acid groups (broad SMARTS) is 1. The molecule has 0 unspecified atom stereocenters. The van der Waals surface area contributed by atoms with Gasteiger partial charge in [0.15, 0.2) is 0 Å². The van der Waals surface area contributed by atoms with Gasteiger partial charge < -0.3 is 14.7 Å². The van der Waals surface area contributed by atoms with E-state index in [0.29, 0.717) is 0 Å². The van der Waals surface area contributed by atoms with Crippen LogP contribution in [0.1, 0.15) is 16.1 Å². The van der Waals surface area contributed by atoms with Crippen molar-refractivity contribution in [3.8, 4) is 11.3 Å². The first-order valence-corrected chi connectivity index (χ1v) is 6.05. The Hall–Kier alpha value is -2.49. The quantitative estimate of drug-likeness (QED) is 0.738. The lowest BCUT2D eigenvalue weighted by atomic mass is 10.1. The number of nitrogens with zero attached hydrogens (tertiary/aromatic N) is 1. The van der Waals surface area contributed by atoms with Crippen LogP contribution in [0.5, 0.6) is 0 Å². The van der Waals surface area contributed by atoms with Gasteiger partial charge in [0.1, 0.15) is 5.69 Å². The number of aromatic carboxylic acids is 1. The van der Waals surface area contributed by atoms with Crippen molar-refractivity contribution in [2.24, 2.45) is 7.05 Å². The molecule has 0 aliphatic rings. The smallest absolute Gasteiger partial charge is 0.352 e. The largest absolute Gasteiger partial charge is 0.477 e. The minimum Gasteiger partial charge on any atom is -0.477 e. The SMILES string of the molecule is Cc1cccc2c1c(-c1ccc(C(=O)O)[nH]1)cn2C. The van der Waals surface area contributed by atoms with Crippen LogP contribution in [-0.2, 0) is 7.05 Å². The maximum absolute atomic E-state index is 10.9. The Morgan fingerprint density at radius 1 is 1.26 bits per heavy atom. The van der Waals surface area contributed by atoms with E-state index in [4.69, 9.17) is 5.11 Å². The second-order valence-corrected chi connectivity index (χ2v) is 4.71. The predicted molar refractivity (Wildman–Crippen MR) is 74.4 cm³/mol. The summed E-state index contributed by atoms with van der Waals surface area (Å²) in [6.45, 7) is 2.06. The van der Waals surface area contributed by atoms with E-state index in [9.17, 15) is 4.79 Å². The molecule has 0 atom stereocenters. The Labute approximate surface area is 110 Å². The zero-order chi connectivity index (χ0) is 13.6. The molecule has 4 nitrogen and oxygen atoms in total. The normalized spacial score (nSPS) is 11.1. The molecular weight excluding hydrogens is 240 g/mol. The predicted octanol–water partition coefficient (Wildman–Crippen LogP) is 3.18. The monoisotopic (exact) mass is 254 g/mol. The number of H-pyrrole nitrogens is 1. The van der Waals surface area contributed by atoms with Crippen LogP contribution in [-0.4, -0.2) is 20.6 Å².